The van der Waals surface area contributed by atoms with Crippen molar-refractivity contribution >= 4 is 17.9 Å². The van der Waals surface area contributed by atoms with Crippen LogP contribution in [0.4, 0.5) is 4.79 Å². The molecule has 0 aromatic rings. The first-order chi connectivity index (χ1) is 9.33. The first kappa shape index (κ1) is 18.2. The molecule has 0 saturated carbocycles. The van der Waals surface area contributed by atoms with Crippen LogP contribution in [0.5, 0.6) is 0 Å². The van der Waals surface area contributed by atoms with E-state index in [1.165, 1.54) is 9.80 Å². The number of nitrogens with one attached hydrogen (secondary N) is 1. The highest BCUT2D eigenvalue weighted by molar-refractivity contribution is 5.84. The number of carboxylic acid groups (broad SMARTS) is 1. The standard InChI is InChI=1S/C13H25N3O4/c1-5-7-16(9-11(17)15(3)4)13(20)14-8-10(6-2)12(18)19/h10H,5-9H2,1-4H3,(H,14,20)(H,18,19). The van der Waals surface area contributed by atoms with Crippen LogP contribution in [0, 0.1) is 5.92 Å². The predicted molar refractivity (Wildman–Crippen MR) is 75.4 cm³/mol. The zero-order valence-electron chi connectivity index (χ0n) is 12.7. The average Bonchev–Trinajstić information content (AvgIpc) is 2.37. The van der Waals surface area contributed by atoms with Gasteiger partial charge in [0.15, 0.2) is 0 Å². The van der Waals surface area contributed by atoms with Crippen molar-refractivity contribution in [1.82, 2.24) is 15.1 Å². The third-order valence-corrected chi connectivity index (χ3v) is 2.95. The number of aliphatic carboxylic acids is 1. The summed E-state index contributed by atoms with van der Waals surface area (Å²) in [5.74, 6) is -1.70. The van der Waals surface area contributed by atoms with Crippen LogP contribution in [0.2, 0.25) is 0 Å². The summed E-state index contributed by atoms with van der Waals surface area (Å²) in [7, 11) is 3.25. The minimum atomic E-state index is -0.931. The summed E-state index contributed by atoms with van der Waals surface area (Å²) in [5, 5.41) is 11.5. The van der Waals surface area contributed by atoms with Crippen LogP contribution in [0.3, 0.4) is 0 Å². The van der Waals surface area contributed by atoms with E-state index < -0.39 is 17.9 Å². The fourth-order valence-electron chi connectivity index (χ4n) is 1.56. The second-order valence-corrected chi connectivity index (χ2v) is 4.84. The van der Waals surface area contributed by atoms with E-state index in [4.69, 9.17) is 5.11 Å². The summed E-state index contributed by atoms with van der Waals surface area (Å²) in [4.78, 5) is 37.3. The Balaban J connectivity index is 4.49. The molecule has 1 atom stereocenters. The van der Waals surface area contributed by atoms with Crippen molar-refractivity contribution in [3.63, 3.8) is 0 Å². The molecular weight excluding hydrogens is 262 g/mol. The van der Waals surface area contributed by atoms with Crippen molar-refractivity contribution in [3.8, 4) is 0 Å². The maximum atomic E-state index is 12.0. The number of carbonyl (C=O) groups excluding carboxylic acids is 2. The quantitative estimate of drug-likeness (QED) is 0.684. The average molecular weight is 287 g/mol. The van der Waals surface area contributed by atoms with E-state index in [0.29, 0.717) is 13.0 Å². The molecule has 7 nitrogen and oxygen atoms in total. The van der Waals surface area contributed by atoms with Crippen LogP contribution in [-0.2, 0) is 9.59 Å². The van der Waals surface area contributed by atoms with Gasteiger partial charge in [-0.25, -0.2) is 4.79 Å². The number of hydrogen-bond acceptors (Lipinski definition) is 3. The summed E-state index contributed by atoms with van der Waals surface area (Å²) >= 11 is 0. The van der Waals surface area contributed by atoms with Crippen LogP contribution in [0.25, 0.3) is 0 Å². The summed E-state index contributed by atoms with van der Waals surface area (Å²) in [5.41, 5.74) is 0. The second kappa shape index (κ2) is 9.17. The van der Waals surface area contributed by atoms with E-state index in [9.17, 15) is 14.4 Å². The number of hydrogen-bond donors (Lipinski definition) is 2. The van der Waals surface area contributed by atoms with Gasteiger partial charge in [0.25, 0.3) is 0 Å². The number of carbonyl (C=O) groups is 3. The molecule has 0 bridgehead atoms. The zero-order chi connectivity index (χ0) is 15.7. The summed E-state index contributed by atoms with van der Waals surface area (Å²) in [6, 6.07) is -0.401. The van der Waals surface area contributed by atoms with Crippen molar-refractivity contribution in [2.45, 2.75) is 26.7 Å². The lowest BCUT2D eigenvalue weighted by molar-refractivity contribution is -0.141. The van der Waals surface area contributed by atoms with Gasteiger partial charge in [-0.2, -0.15) is 0 Å². The predicted octanol–water partition coefficient (Wildman–Crippen LogP) is 0.607. The Morgan fingerprint density at radius 3 is 2.20 bits per heavy atom. The smallest absolute Gasteiger partial charge is 0.317 e. The third-order valence-electron chi connectivity index (χ3n) is 2.95. The van der Waals surface area contributed by atoms with Crippen molar-refractivity contribution in [2.24, 2.45) is 5.92 Å². The van der Waals surface area contributed by atoms with Crippen molar-refractivity contribution in [1.29, 1.82) is 0 Å². The second-order valence-electron chi connectivity index (χ2n) is 4.84. The lowest BCUT2D eigenvalue weighted by Crippen LogP contribution is -2.47. The molecule has 0 spiro atoms. The Morgan fingerprint density at radius 1 is 1.20 bits per heavy atom. The molecule has 0 aliphatic heterocycles. The molecule has 0 radical (unpaired) electrons. The lowest BCUT2D eigenvalue weighted by atomic mass is 10.1. The Morgan fingerprint density at radius 2 is 1.80 bits per heavy atom. The molecule has 0 heterocycles. The Labute approximate surface area is 119 Å². The van der Waals surface area contributed by atoms with Crippen LogP contribution in [0.1, 0.15) is 26.7 Å². The topological polar surface area (TPSA) is 90.0 Å². The lowest BCUT2D eigenvalue weighted by Gasteiger charge is -2.24. The molecule has 0 aromatic carbocycles. The van der Waals surface area contributed by atoms with Gasteiger partial charge in [0.2, 0.25) is 5.91 Å². The van der Waals surface area contributed by atoms with Crippen LogP contribution in [0.15, 0.2) is 0 Å². The molecule has 0 fully saturated rings. The van der Waals surface area contributed by atoms with E-state index in [1.54, 1.807) is 21.0 Å². The van der Waals surface area contributed by atoms with Gasteiger partial charge >= 0.3 is 12.0 Å². The molecule has 116 valence electrons. The molecule has 0 aliphatic rings. The number of amides is 3. The minimum Gasteiger partial charge on any atom is -0.481 e. The zero-order valence-corrected chi connectivity index (χ0v) is 12.7. The highest BCUT2D eigenvalue weighted by Crippen LogP contribution is 2.02. The molecule has 0 aliphatic carbocycles. The van der Waals surface area contributed by atoms with Gasteiger partial charge in [-0.05, 0) is 12.8 Å². The Bertz CT molecular complexity index is 345. The van der Waals surface area contributed by atoms with E-state index in [-0.39, 0.29) is 19.0 Å². The molecule has 7 heteroatoms. The van der Waals surface area contributed by atoms with Gasteiger partial charge in [0.05, 0.1) is 5.92 Å². The number of urea groups is 1. The Kier molecular flexibility index (Phi) is 8.35. The number of likely N-dealkylation sites (N-methyl/N-ethyl adjacent to an activating group) is 1. The number of nitrogens with zero attached hydrogens (tertiary/aromatic N) is 2. The van der Waals surface area contributed by atoms with Crippen LogP contribution < -0.4 is 5.32 Å². The highest BCUT2D eigenvalue weighted by atomic mass is 16.4. The first-order valence-electron chi connectivity index (χ1n) is 6.79. The minimum absolute atomic E-state index is 0.00344. The summed E-state index contributed by atoms with van der Waals surface area (Å²) in [6.07, 6.45) is 1.17. The molecule has 3 amide bonds. The summed E-state index contributed by atoms with van der Waals surface area (Å²) in [6.45, 7) is 4.18. The normalized spacial score (nSPS) is 11.6. The molecule has 1 unspecified atom stereocenters. The number of rotatable bonds is 8. The van der Waals surface area contributed by atoms with Gasteiger partial charge in [-0.15, -0.1) is 0 Å². The van der Waals surface area contributed by atoms with Gasteiger partial charge in [-0.1, -0.05) is 13.8 Å². The van der Waals surface area contributed by atoms with E-state index >= 15 is 0 Å². The molecule has 2 N–H and O–H groups in total. The molecule has 0 aromatic heterocycles. The highest BCUT2D eigenvalue weighted by Gasteiger charge is 2.20. The summed E-state index contributed by atoms with van der Waals surface area (Å²) < 4.78 is 0. The molecule has 20 heavy (non-hydrogen) atoms. The van der Waals surface area contributed by atoms with E-state index in [0.717, 1.165) is 6.42 Å². The first-order valence-corrected chi connectivity index (χ1v) is 6.79. The van der Waals surface area contributed by atoms with Gasteiger partial charge in [0, 0.05) is 27.2 Å². The molecule has 0 rings (SSSR count). The Hall–Kier alpha value is -1.79. The van der Waals surface area contributed by atoms with Crippen molar-refractivity contribution in [3.05, 3.63) is 0 Å². The van der Waals surface area contributed by atoms with Gasteiger partial charge < -0.3 is 20.2 Å². The largest absolute Gasteiger partial charge is 0.481 e. The third kappa shape index (κ3) is 6.40. The van der Waals surface area contributed by atoms with Crippen molar-refractivity contribution < 1.29 is 19.5 Å². The van der Waals surface area contributed by atoms with Gasteiger partial charge in [-0.3, -0.25) is 9.59 Å². The number of carboxylic acids is 1. The maximum Gasteiger partial charge on any atom is 0.317 e. The fraction of sp³-hybridized carbons (Fsp3) is 0.769. The fourth-order valence-corrected chi connectivity index (χ4v) is 1.56. The van der Waals surface area contributed by atoms with Gasteiger partial charge in [0.1, 0.15) is 6.54 Å². The van der Waals surface area contributed by atoms with Crippen LogP contribution >= 0.6 is 0 Å². The van der Waals surface area contributed by atoms with Crippen molar-refractivity contribution in [2.75, 3.05) is 33.7 Å². The molecule has 0 saturated heterocycles. The maximum absolute atomic E-state index is 12.0. The SMILES string of the molecule is CCCN(CC(=O)N(C)C)C(=O)NCC(CC)C(=O)O. The monoisotopic (exact) mass is 287 g/mol. The van der Waals surface area contributed by atoms with E-state index in [2.05, 4.69) is 5.32 Å². The van der Waals surface area contributed by atoms with Crippen LogP contribution in [-0.4, -0.2) is 66.5 Å². The van der Waals surface area contributed by atoms with E-state index in [1.807, 2.05) is 6.92 Å². The molecular formula is C13H25N3O4.